The van der Waals surface area contributed by atoms with Crippen molar-refractivity contribution in [1.29, 1.82) is 0 Å². The van der Waals surface area contributed by atoms with Gasteiger partial charge in [-0.05, 0) is 42.0 Å². The molecule has 2 N–H and O–H groups in total. The largest absolute Gasteiger partial charge is 0.337 e. The van der Waals surface area contributed by atoms with Crippen LogP contribution in [0, 0.1) is 5.82 Å². The first kappa shape index (κ1) is 17.1. The molecular weight excluding hydrogens is 385 g/mol. The summed E-state index contributed by atoms with van der Waals surface area (Å²) in [6.45, 7) is 0.188. The Morgan fingerprint density at radius 1 is 1.21 bits per heavy atom. The predicted octanol–water partition coefficient (Wildman–Crippen LogP) is 2.72. The molecule has 2 aliphatic rings. The van der Waals surface area contributed by atoms with Gasteiger partial charge in [-0.15, -0.1) is 0 Å². The van der Waals surface area contributed by atoms with Crippen LogP contribution in [0.4, 0.5) is 9.18 Å². The number of imide groups is 1. The molecule has 7 nitrogen and oxygen atoms in total. The molecule has 0 radical (unpaired) electrons. The minimum absolute atomic E-state index is 0.105. The molecule has 3 aromatic rings. The monoisotopic (exact) mass is 399 g/mol. The fourth-order valence-corrected chi connectivity index (χ4v) is 3.94. The van der Waals surface area contributed by atoms with E-state index >= 15 is 0 Å². The number of rotatable bonds is 3. The highest BCUT2D eigenvalue weighted by Crippen LogP contribution is 2.55. The second kappa shape index (κ2) is 6.27. The maximum Gasteiger partial charge on any atom is 0.321 e. The normalized spacial score (nSPS) is 24.1. The Balaban J connectivity index is 1.51. The molecule has 2 aromatic heterocycles. The molecule has 142 valence electrons. The van der Waals surface area contributed by atoms with Gasteiger partial charge in [0.05, 0.1) is 16.6 Å². The Kier molecular flexibility index (Phi) is 3.83. The topological polar surface area (TPSA) is 88.4 Å². The van der Waals surface area contributed by atoms with E-state index in [1.165, 1.54) is 6.07 Å². The number of halogens is 2. The van der Waals surface area contributed by atoms with E-state index in [1.807, 2.05) is 12.1 Å². The molecule has 9 heteroatoms. The van der Waals surface area contributed by atoms with E-state index in [4.69, 9.17) is 11.6 Å². The molecule has 1 saturated heterocycles. The van der Waals surface area contributed by atoms with Crippen molar-refractivity contribution in [3.63, 3.8) is 0 Å². The maximum absolute atomic E-state index is 13.8. The fraction of sp³-hybridized carbons (Fsp3) is 0.263. The summed E-state index contributed by atoms with van der Waals surface area (Å²) >= 11 is 5.79. The van der Waals surface area contributed by atoms with Gasteiger partial charge in [0, 0.05) is 24.5 Å². The maximum atomic E-state index is 13.8. The Labute approximate surface area is 163 Å². The number of hydrogen-bond acceptors (Lipinski definition) is 4. The van der Waals surface area contributed by atoms with Gasteiger partial charge in [0.2, 0.25) is 5.91 Å². The minimum Gasteiger partial charge on any atom is -0.337 e. The van der Waals surface area contributed by atoms with Crippen LogP contribution in [0.1, 0.15) is 41.0 Å². The van der Waals surface area contributed by atoms with Crippen molar-refractivity contribution in [1.82, 2.24) is 25.2 Å². The van der Waals surface area contributed by atoms with Crippen molar-refractivity contribution in [2.45, 2.75) is 24.2 Å². The molecule has 5 rings (SSSR count). The number of benzene rings is 1. The Morgan fingerprint density at radius 2 is 2.07 bits per heavy atom. The van der Waals surface area contributed by atoms with E-state index in [0.717, 1.165) is 17.5 Å². The molecule has 3 atom stereocenters. The molecule has 3 heterocycles. The number of aromatic nitrogens is 3. The van der Waals surface area contributed by atoms with Crippen molar-refractivity contribution >= 4 is 29.2 Å². The average molecular weight is 400 g/mol. The number of nitrogens with zero attached hydrogens (tertiary/aromatic N) is 3. The van der Waals surface area contributed by atoms with Crippen LogP contribution < -0.4 is 10.6 Å². The van der Waals surface area contributed by atoms with E-state index in [1.54, 1.807) is 23.0 Å². The Morgan fingerprint density at radius 3 is 2.86 bits per heavy atom. The highest BCUT2D eigenvalue weighted by atomic mass is 35.5. The first-order valence-corrected chi connectivity index (χ1v) is 9.27. The highest BCUT2D eigenvalue weighted by molar-refractivity contribution is 6.30. The SMILES string of the molecule is O=C1NCC(c2cc([C@@H]3C[C@H]3c3ccc(Cl)c(F)c3)c3nccn3n2)C(=O)N1. The van der Waals surface area contributed by atoms with Gasteiger partial charge in [0.25, 0.3) is 0 Å². The summed E-state index contributed by atoms with van der Waals surface area (Å²) in [5.41, 5.74) is 3.12. The summed E-state index contributed by atoms with van der Waals surface area (Å²) in [5, 5.41) is 9.49. The smallest absolute Gasteiger partial charge is 0.321 e. The second-order valence-corrected chi connectivity index (χ2v) is 7.50. The molecule has 1 aromatic carbocycles. The standard InChI is InChI=1S/C19H15ClFN5O2/c20-14-2-1-9(5-15(14)21)10-6-11(10)12-7-16(25-26-4-3-22-17(12)26)13-8-23-19(28)24-18(13)27/h1-5,7,10-11,13H,6,8H2,(H2,23,24,27,28)/t10-,11+,13?/m0/s1. The number of carbonyl (C=O) groups is 2. The van der Waals surface area contributed by atoms with Crippen LogP contribution in [-0.4, -0.2) is 33.1 Å². The molecule has 28 heavy (non-hydrogen) atoms. The van der Waals surface area contributed by atoms with Crippen LogP contribution >= 0.6 is 11.6 Å². The lowest BCUT2D eigenvalue weighted by molar-refractivity contribution is -0.122. The van der Waals surface area contributed by atoms with Crippen molar-refractivity contribution in [2.75, 3.05) is 6.54 Å². The predicted molar refractivity (Wildman–Crippen MR) is 98.8 cm³/mol. The molecule has 1 aliphatic carbocycles. The second-order valence-electron chi connectivity index (χ2n) is 7.09. The van der Waals surface area contributed by atoms with Crippen LogP contribution in [0.5, 0.6) is 0 Å². The zero-order valence-corrected chi connectivity index (χ0v) is 15.3. The van der Waals surface area contributed by atoms with Gasteiger partial charge in [0.1, 0.15) is 5.82 Å². The van der Waals surface area contributed by atoms with Crippen molar-refractivity contribution in [3.8, 4) is 0 Å². The average Bonchev–Trinajstić information content (AvgIpc) is 3.31. The third-order valence-electron chi connectivity index (χ3n) is 5.35. The zero-order chi connectivity index (χ0) is 19.4. The van der Waals surface area contributed by atoms with Crippen LogP contribution in [0.3, 0.4) is 0 Å². The van der Waals surface area contributed by atoms with Gasteiger partial charge >= 0.3 is 6.03 Å². The quantitative estimate of drug-likeness (QED) is 0.708. The summed E-state index contributed by atoms with van der Waals surface area (Å²) in [4.78, 5) is 28.0. The molecule has 1 aliphatic heterocycles. The van der Waals surface area contributed by atoms with Crippen molar-refractivity contribution in [3.05, 3.63) is 64.3 Å². The summed E-state index contributed by atoms with van der Waals surface area (Å²) < 4.78 is 15.5. The number of urea groups is 1. The van der Waals surface area contributed by atoms with E-state index in [2.05, 4.69) is 20.7 Å². The number of hydrogen-bond donors (Lipinski definition) is 2. The van der Waals surface area contributed by atoms with E-state index < -0.39 is 17.8 Å². The zero-order valence-electron chi connectivity index (χ0n) is 14.5. The van der Waals surface area contributed by atoms with Crippen molar-refractivity contribution in [2.24, 2.45) is 0 Å². The van der Waals surface area contributed by atoms with E-state index in [9.17, 15) is 14.0 Å². The van der Waals surface area contributed by atoms with Crippen LogP contribution in [0.25, 0.3) is 5.65 Å². The van der Waals surface area contributed by atoms with E-state index in [-0.39, 0.29) is 29.3 Å². The third kappa shape index (κ3) is 2.80. The van der Waals surface area contributed by atoms with Crippen LogP contribution in [-0.2, 0) is 4.79 Å². The van der Waals surface area contributed by atoms with Gasteiger partial charge in [0.15, 0.2) is 5.65 Å². The van der Waals surface area contributed by atoms with Gasteiger partial charge in [-0.25, -0.2) is 18.7 Å². The molecule has 2 fully saturated rings. The van der Waals surface area contributed by atoms with Gasteiger partial charge in [-0.2, -0.15) is 5.10 Å². The van der Waals surface area contributed by atoms with E-state index in [0.29, 0.717) is 11.3 Å². The first-order valence-electron chi connectivity index (χ1n) is 8.89. The number of carbonyl (C=O) groups excluding carboxylic acids is 2. The first-order chi connectivity index (χ1) is 13.5. The van der Waals surface area contributed by atoms with Gasteiger partial charge in [-0.1, -0.05) is 17.7 Å². The van der Waals surface area contributed by atoms with Crippen LogP contribution in [0.15, 0.2) is 36.7 Å². The minimum atomic E-state index is -0.576. The lowest BCUT2D eigenvalue weighted by Gasteiger charge is -2.22. The summed E-state index contributed by atoms with van der Waals surface area (Å²) in [6, 6.07) is 6.26. The lowest BCUT2D eigenvalue weighted by atomic mass is 9.99. The Bertz CT molecular complexity index is 1130. The molecule has 0 spiro atoms. The molecule has 0 bridgehead atoms. The van der Waals surface area contributed by atoms with Crippen LogP contribution in [0.2, 0.25) is 5.02 Å². The summed E-state index contributed by atoms with van der Waals surface area (Å²) in [5.74, 6) is -1.08. The molecular formula is C19H15ClFN5O2. The lowest BCUT2D eigenvalue weighted by Crippen LogP contribution is -2.51. The van der Waals surface area contributed by atoms with Crippen molar-refractivity contribution < 1.29 is 14.0 Å². The molecule has 1 unspecified atom stereocenters. The number of fused-ring (bicyclic) bond motifs is 1. The fourth-order valence-electron chi connectivity index (χ4n) is 3.82. The number of nitrogens with one attached hydrogen (secondary N) is 2. The molecule has 1 saturated carbocycles. The van der Waals surface area contributed by atoms with Gasteiger partial charge < -0.3 is 5.32 Å². The summed E-state index contributed by atoms with van der Waals surface area (Å²) in [6.07, 6.45) is 4.22. The Hall–Kier alpha value is -3.00. The highest BCUT2D eigenvalue weighted by Gasteiger charge is 2.42. The summed E-state index contributed by atoms with van der Waals surface area (Å²) in [7, 11) is 0. The molecule has 3 amide bonds. The number of amides is 3. The number of imidazole rings is 1. The van der Waals surface area contributed by atoms with Gasteiger partial charge in [-0.3, -0.25) is 10.1 Å². The third-order valence-corrected chi connectivity index (χ3v) is 5.65.